The summed E-state index contributed by atoms with van der Waals surface area (Å²) in [6.07, 6.45) is 2.62. The van der Waals surface area contributed by atoms with Crippen molar-refractivity contribution in [3.05, 3.63) is 60.2 Å². The summed E-state index contributed by atoms with van der Waals surface area (Å²) in [6.45, 7) is 4.02. The topological polar surface area (TPSA) is 102 Å². The maximum Gasteiger partial charge on any atom is 0.490 e. The highest BCUT2D eigenvalue weighted by atomic mass is 19.4. The maximum atomic E-state index is 12.3. The Morgan fingerprint density at radius 1 is 1.10 bits per heavy atom. The number of aromatic nitrogens is 4. The number of benzene rings is 1. The molecular weight excluding hydrogens is 415 g/mol. The third-order valence-corrected chi connectivity index (χ3v) is 4.70. The number of anilines is 1. The fourth-order valence-electron chi connectivity index (χ4n) is 2.69. The van der Waals surface area contributed by atoms with Gasteiger partial charge in [0.1, 0.15) is 5.69 Å². The average Bonchev–Trinajstić information content (AvgIpc) is 3.35. The largest absolute Gasteiger partial charge is 0.490 e. The number of amides is 1. The molecule has 1 aliphatic carbocycles. The van der Waals surface area contributed by atoms with Crippen LogP contribution in [0.4, 0.5) is 18.9 Å². The van der Waals surface area contributed by atoms with Crippen molar-refractivity contribution >= 4 is 17.6 Å². The molecule has 1 amide bonds. The van der Waals surface area contributed by atoms with E-state index in [2.05, 4.69) is 15.3 Å². The van der Waals surface area contributed by atoms with E-state index in [1.165, 1.54) is 12.8 Å². The van der Waals surface area contributed by atoms with Gasteiger partial charge in [-0.15, -0.1) is 0 Å². The molecule has 0 radical (unpaired) electrons. The van der Waals surface area contributed by atoms with Crippen molar-refractivity contribution < 1.29 is 27.9 Å². The van der Waals surface area contributed by atoms with Crippen molar-refractivity contribution in [3.63, 3.8) is 0 Å². The van der Waals surface area contributed by atoms with Crippen LogP contribution in [-0.4, -0.2) is 42.3 Å². The summed E-state index contributed by atoms with van der Waals surface area (Å²) in [5.41, 5.74) is 4.34. The molecule has 1 fully saturated rings. The zero-order valence-electron chi connectivity index (χ0n) is 16.7. The van der Waals surface area contributed by atoms with Gasteiger partial charge in [-0.3, -0.25) is 4.79 Å². The smallest absolute Gasteiger partial charge is 0.475 e. The Morgan fingerprint density at radius 3 is 2.19 bits per heavy atom. The number of nitrogens with one attached hydrogen (secondary N) is 1. The first-order chi connectivity index (χ1) is 14.6. The number of imidazole rings is 2. The number of rotatable bonds is 4. The van der Waals surface area contributed by atoms with Crippen LogP contribution in [0.1, 0.15) is 40.8 Å². The minimum absolute atomic E-state index is 0.184. The SMILES string of the molecule is Cc1ncn(-c2ccc(NC(=O)c3cn(C4CC4)cn3)cc2)c1C.O=C(O)C(F)(F)F. The van der Waals surface area contributed by atoms with Gasteiger partial charge in [0.2, 0.25) is 0 Å². The van der Waals surface area contributed by atoms with Gasteiger partial charge in [-0.05, 0) is 51.0 Å². The van der Waals surface area contributed by atoms with E-state index in [9.17, 15) is 18.0 Å². The molecule has 0 aliphatic heterocycles. The Labute approximate surface area is 175 Å². The number of hydrogen-bond donors (Lipinski definition) is 2. The lowest BCUT2D eigenvalue weighted by molar-refractivity contribution is -0.192. The number of hydrogen-bond acceptors (Lipinski definition) is 4. The molecule has 0 spiro atoms. The number of nitrogens with zero attached hydrogens (tertiary/aromatic N) is 4. The molecule has 2 N–H and O–H groups in total. The van der Waals surface area contributed by atoms with Gasteiger partial charge in [0.05, 0.1) is 18.3 Å². The molecule has 0 saturated heterocycles. The normalized spacial score (nSPS) is 13.3. The Balaban J connectivity index is 0.000000339. The molecule has 8 nitrogen and oxygen atoms in total. The van der Waals surface area contributed by atoms with Gasteiger partial charge in [-0.2, -0.15) is 13.2 Å². The van der Waals surface area contributed by atoms with Crippen molar-refractivity contribution in [2.75, 3.05) is 5.32 Å². The minimum atomic E-state index is -5.08. The Hall–Kier alpha value is -3.63. The maximum absolute atomic E-state index is 12.3. The van der Waals surface area contributed by atoms with Gasteiger partial charge in [0.25, 0.3) is 5.91 Å². The fraction of sp³-hybridized carbons (Fsp3) is 0.300. The summed E-state index contributed by atoms with van der Waals surface area (Å²) in [7, 11) is 0. The van der Waals surface area contributed by atoms with Crippen molar-refractivity contribution in [1.29, 1.82) is 0 Å². The van der Waals surface area contributed by atoms with E-state index in [0.717, 1.165) is 22.8 Å². The number of aryl methyl sites for hydroxylation is 1. The molecule has 3 aromatic rings. The van der Waals surface area contributed by atoms with Gasteiger partial charge in [0.15, 0.2) is 0 Å². The first-order valence-electron chi connectivity index (χ1n) is 9.32. The quantitative estimate of drug-likeness (QED) is 0.647. The highest BCUT2D eigenvalue weighted by Gasteiger charge is 2.38. The molecule has 2 heterocycles. The van der Waals surface area contributed by atoms with Crippen LogP contribution in [0.25, 0.3) is 5.69 Å². The average molecular weight is 435 g/mol. The second-order valence-electron chi connectivity index (χ2n) is 7.03. The van der Waals surface area contributed by atoms with Crippen LogP contribution in [-0.2, 0) is 4.79 Å². The molecule has 0 atom stereocenters. The molecule has 1 aromatic carbocycles. The lowest BCUT2D eigenvalue weighted by atomic mass is 10.2. The molecule has 4 rings (SSSR count). The number of carboxylic acid groups (broad SMARTS) is 1. The van der Waals surface area contributed by atoms with E-state index < -0.39 is 12.1 Å². The number of aliphatic carboxylic acids is 1. The highest BCUT2D eigenvalue weighted by molar-refractivity contribution is 6.02. The third-order valence-electron chi connectivity index (χ3n) is 4.70. The molecule has 31 heavy (non-hydrogen) atoms. The Morgan fingerprint density at radius 2 is 1.71 bits per heavy atom. The van der Waals surface area contributed by atoms with E-state index >= 15 is 0 Å². The van der Waals surface area contributed by atoms with Gasteiger partial charge in [-0.25, -0.2) is 14.8 Å². The molecule has 2 aromatic heterocycles. The zero-order chi connectivity index (χ0) is 22.8. The number of halogens is 3. The van der Waals surface area contributed by atoms with Crippen molar-refractivity contribution in [2.24, 2.45) is 0 Å². The molecular formula is C20H20F3N5O3. The summed E-state index contributed by atoms with van der Waals surface area (Å²) >= 11 is 0. The number of carbonyl (C=O) groups is 2. The van der Waals surface area contributed by atoms with Crippen LogP contribution in [0.5, 0.6) is 0 Å². The third kappa shape index (κ3) is 5.50. The summed E-state index contributed by atoms with van der Waals surface area (Å²) in [5.74, 6) is -2.94. The summed E-state index contributed by atoms with van der Waals surface area (Å²) < 4.78 is 35.8. The van der Waals surface area contributed by atoms with E-state index in [0.29, 0.717) is 11.7 Å². The highest BCUT2D eigenvalue weighted by Crippen LogP contribution is 2.34. The van der Waals surface area contributed by atoms with Crippen LogP contribution in [0.3, 0.4) is 0 Å². The van der Waals surface area contributed by atoms with Crippen molar-refractivity contribution in [1.82, 2.24) is 19.1 Å². The predicted octanol–water partition coefficient (Wildman–Crippen LogP) is 3.91. The van der Waals surface area contributed by atoms with Crippen LogP contribution in [0, 0.1) is 13.8 Å². The van der Waals surface area contributed by atoms with E-state index in [1.54, 1.807) is 6.33 Å². The molecule has 1 aliphatic rings. The van der Waals surface area contributed by atoms with Crippen LogP contribution in [0.15, 0.2) is 43.1 Å². The van der Waals surface area contributed by atoms with E-state index in [4.69, 9.17) is 9.90 Å². The van der Waals surface area contributed by atoms with Crippen molar-refractivity contribution in [2.45, 2.75) is 38.9 Å². The van der Waals surface area contributed by atoms with Gasteiger partial charge in [-0.1, -0.05) is 0 Å². The monoisotopic (exact) mass is 435 g/mol. The Bertz CT molecular complexity index is 1080. The molecule has 164 valence electrons. The lowest BCUT2D eigenvalue weighted by Crippen LogP contribution is -2.21. The van der Waals surface area contributed by atoms with Crippen LogP contribution < -0.4 is 5.32 Å². The summed E-state index contributed by atoms with van der Waals surface area (Å²) in [4.78, 5) is 29.7. The number of carboxylic acids is 1. The van der Waals surface area contributed by atoms with Gasteiger partial charge >= 0.3 is 12.1 Å². The second kappa shape index (κ2) is 8.62. The standard InChI is InChI=1S/C18H19N5O.C2HF3O2/c1-12-13(2)23(11-19-12)16-5-3-14(4-6-16)21-18(24)17-9-22(10-20-17)15-7-8-15;3-2(4,5)1(6)7/h3-6,9-11,15H,7-8H2,1-2H3,(H,21,24);(H,6,7). The zero-order valence-corrected chi connectivity index (χ0v) is 16.7. The lowest BCUT2D eigenvalue weighted by Gasteiger charge is -2.08. The van der Waals surface area contributed by atoms with Crippen LogP contribution >= 0.6 is 0 Å². The predicted molar refractivity (Wildman–Crippen MR) is 105 cm³/mol. The first-order valence-corrected chi connectivity index (χ1v) is 9.32. The minimum Gasteiger partial charge on any atom is -0.475 e. The molecule has 11 heteroatoms. The summed E-state index contributed by atoms with van der Waals surface area (Å²) in [6, 6.07) is 8.24. The molecule has 0 bridgehead atoms. The number of alkyl halides is 3. The van der Waals surface area contributed by atoms with Crippen LogP contribution in [0.2, 0.25) is 0 Å². The van der Waals surface area contributed by atoms with Crippen molar-refractivity contribution in [3.8, 4) is 5.69 Å². The first kappa shape index (κ1) is 22.1. The van der Waals surface area contributed by atoms with E-state index in [1.807, 2.05) is 59.8 Å². The van der Waals surface area contributed by atoms with E-state index in [-0.39, 0.29) is 5.91 Å². The Kier molecular flexibility index (Phi) is 6.14. The van der Waals surface area contributed by atoms with Gasteiger partial charge < -0.3 is 19.6 Å². The fourth-order valence-corrected chi connectivity index (χ4v) is 2.69. The molecule has 1 saturated carbocycles. The van der Waals surface area contributed by atoms with Gasteiger partial charge in [0, 0.05) is 29.3 Å². The second-order valence-corrected chi connectivity index (χ2v) is 7.03. The number of carbonyl (C=O) groups excluding carboxylic acids is 1. The molecule has 0 unspecified atom stereocenters. The summed E-state index contributed by atoms with van der Waals surface area (Å²) in [5, 5.41) is 10.0.